The lowest BCUT2D eigenvalue weighted by molar-refractivity contribution is -0.142. The van der Waals surface area contributed by atoms with Gasteiger partial charge in [0, 0.05) is 0 Å². The van der Waals surface area contributed by atoms with Gasteiger partial charge in [0.2, 0.25) is 11.8 Å². The van der Waals surface area contributed by atoms with E-state index in [0.29, 0.717) is 51.6 Å². The first-order valence-electron chi connectivity index (χ1n) is 7.89. The van der Waals surface area contributed by atoms with Crippen molar-refractivity contribution >= 4 is 17.8 Å². The third kappa shape index (κ3) is 9.82. The van der Waals surface area contributed by atoms with Crippen molar-refractivity contribution in [3.63, 3.8) is 0 Å². The van der Waals surface area contributed by atoms with Crippen LogP contribution in [0.3, 0.4) is 0 Å². The molecular weight excluding hydrogens is 302 g/mol. The van der Waals surface area contributed by atoms with Crippen molar-refractivity contribution in [3.05, 3.63) is 0 Å². The number of rotatable bonds is 13. The molecule has 0 fully saturated rings. The minimum Gasteiger partial charge on any atom is -0.480 e. The smallest absolute Gasteiger partial charge is 0.326 e. The Morgan fingerprint density at radius 3 is 1.78 bits per heavy atom. The zero-order chi connectivity index (χ0) is 17.7. The van der Waals surface area contributed by atoms with Gasteiger partial charge in [0.25, 0.3) is 0 Å². The molecule has 0 aliphatic rings. The maximum absolute atomic E-state index is 12.3. The lowest BCUT2D eigenvalue weighted by Crippen LogP contribution is -2.52. The number of carboxylic acid groups (broad SMARTS) is 1. The van der Waals surface area contributed by atoms with E-state index in [0.717, 1.165) is 0 Å². The van der Waals surface area contributed by atoms with Crippen LogP contribution in [0.2, 0.25) is 0 Å². The summed E-state index contributed by atoms with van der Waals surface area (Å²) in [4.78, 5) is 34.9. The first-order chi connectivity index (χ1) is 11.0. The summed E-state index contributed by atoms with van der Waals surface area (Å²) >= 11 is 0. The van der Waals surface area contributed by atoms with Crippen molar-refractivity contribution < 1.29 is 19.5 Å². The topological polar surface area (TPSA) is 174 Å². The van der Waals surface area contributed by atoms with E-state index in [2.05, 4.69) is 10.6 Å². The Hall–Kier alpha value is -1.71. The van der Waals surface area contributed by atoms with E-state index in [4.69, 9.17) is 17.2 Å². The monoisotopic (exact) mass is 331 g/mol. The normalized spacial score (nSPS) is 13.2. The molecule has 9 N–H and O–H groups in total. The molecule has 9 nitrogen and oxygen atoms in total. The highest BCUT2D eigenvalue weighted by Gasteiger charge is 2.25. The molecule has 0 saturated heterocycles. The molecule has 23 heavy (non-hydrogen) atoms. The number of nitrogens with two attached hydrogens (primary N) is 3. The maximum atomic E-state index is 12.3. The fourth-order valence-corrected chi connectivity index (χ4v) is 2.04. The molecule has 0 saturated carbocycles. The predicted octanol–water partition coefficient (Wildman–Crippen LogP) is -1.74. The van der Waals surface area contributed by atoms with Crippen molar-refractivity contribution in [2.75, 3.05) is 19.6 Å². The number of carbonyl (C=O) groups excluding carboxylic acids is 2. The van der Waals surface area contributed by atoms with E-state index < -0.39 is 29.9 Å². The van der Waals surface area contributed by atoms with E-state index in [1.165, 1.54) is 0 Å². The molecular formula is C14H29N5O4. The third-order valence-corrected chi connectivity index (χ3v) is 3.35. The van der Waals surface area contributed by atoms with Crippen LogP contribution in [0.15, 0.2) is 0 Å². The molecule has 0 spiro atoms. The summed E-state index contributed by atoms with van der Waals surface area (Å²) in [5.41, 5.74) is 16.0. The molecule has 0 aliphatic carbocycles. The largest absolute Gasteiger partial charge is 0.480 e. The highest BCUT2D eigenvalue weighted by atomic mass is 16.4. The van der Waals surface area contributed by atoms with Gasteiger partial charge < -0.3 is 32.9 Å². The first kappa shape index (κ1) is 21.3. The lowest BCUT2D eigenvalue weighted by Gasteiger charge is -2.21. The van der Waals surface area contributed by atoms with Gasteiger partial charge in [-0.3, -0.25) is 9.59 Å². The second-order valence-electron chi connectivity index (χ2n) is 5.29. The predicted molar refractivity (Wildman–Crippen MR) is 86.4 cm³/mol. The van der Waals surface area contributed by atoms with E-state index >= 15 is 0 Å². The summed E-state index contributed by atoms with van der Waals surface area (Å²) in [6.45, 7) is 0.712. The van der Waals surface area contributed by atoms with Crippen LogP contribution in [0, 0.1) is 0 Å². The fraction of sp³-hybridized carbons (Fsp3) is 0.786. The lowest BCUT2D eigenvalue weighted by atomic mass is 10.1. The Morgan fingerprint density at radius 1 is 0.826 bits per heavy atom. The van der Waals surface area contributed by atoms with Crippen LogP contribution in [-0.2, 0) is 14.4 Å². The molecule has 0 heterocycles. The summed E-state index contributed by atoms with van der Waals surface area (Å²) < 4.78 is 0. The molecule has 2 amide bonds. The summed E-state index contributed by atoms with van der Waals surface area (Å²) in [6, 6.07) is -1.81. The average Bonchev–Trinajstić information content (AvgIpc) is 2.52. The van der Waals surface area contributed by atoms with Crippen LogP contribution in [0.1, 0.15) is 38.5 Å². The molecule has 0 rings (SSSR count). The maximum Gasteiger partial charge on any atom is 0.326 e. The standard InChI is InChI=1S/C14H29N5O4/c15-7-3-1-5-10(18-12(20)9-17)13(21)19-11(14(22)23)6-2-4-8-16/h10-11H,1-9,15-17H2,(H,18,20)(H,19,21)(H,22,23). The number of nitrogens with one attached hydrogen (secondary N) is 2. The Balaban J connectivity index is 4.67. The Kier molecular flexibility index (Phi) is 11.8. The highest BCUT2D eigenvalue weighted by molar-refractivity contribution is 5.90. The SMILES string of the molecule is NCCCCC(NC(=O)C(CCCCN)NC(=O)CN)C(=O)O. The molecule has 2 unspecified atom stereocenters. The van der Waals surface area contributed by atoms with Crippen molar-refractivity contribution in [1.29, 1.82) is 0 Å². The van der Waals surface area contributed by atoms with Gasteiger partial charge in [-0.1, -0.05) is 0 Å². The number of carboxylic acids is 1. The highest BCUT2D eigenvalue weighted by Crippen LogP contribution is 2.05. The van der Waals surface area contributed by atoms with Crippen LogP contribution >= 0.6 is 0 Å². The summed E-state index contributed by atoms with van der Waals surface area (Å²) in [5.74, 6) is -2.10. The van der Waals surface area contributed by atoms with Crippen LogP contribution in [-0.4, -0.2) is 54.6 Å². The number of carbonyl (C=O) groups is 3. The van der Waals surface area contributed by atoms with Gasteiger partial charge in [-0.15, -0.1) is 0 Å². The zero-order valence-electron chi connectivity index (χ0n) is 13.4. The van der Waals surface area contributed by atoms with Crippen molar-refractivity contribution in [1.82, 2.24) is 10.6 Å². The van der Waals surface area contributed by atoms with Crippen molar-refractivity contribution in [3.8, 4) is 0 Å². The summed E-state index contributed by atoms with van der Waals surface area (Å²) in [5, 5.41) is 14.1. The van der Waals surface area contributed by atoms with E-state index in [9.17, 15) is 19.5 Å². The van der Waals surface area contributed by atoms with Gasteiger partial charge in [-0.25, -0.2) is 4.79 Å². The number of hydrogen-bond donors (Lipinski definition) is 6. The first-order valence-corrected chi connectivity index (χ1v) is 7.89. The summed E-state index contributed by atoms with van der Waals surface area (Å²) in [6.07, 6.45) is 3.30. The second kappa shape index (κ2) is 12.8. The van der Waals surface area contributed by atoms with Gasteiger partial charge in [-0.2, -0.15) is 0 Å². The van der Waals surface area contributed by atoms with Crippen LogP contribution in [0.4, 0.5) is 0 Å². The second-order valence-corrected chi connectivity index (χ2v) is 5.29. The molecule has 2 atom stereocenters. The van der Waals surface area contributed by atoms with Crippen molar-refractivity contribution in [2.45, 2.75) is 50.6 Å². The molecule has 9 heteroatoms. The fourth-order valence-electron chi connectivity index (χ4n) is 2.04. The zero-order valence-corrected chi connectivity index (χ0v) is 13.4. The third-order valence-electron chi connectivity index (χ3n) is 3.35. The van der Waals surface area contributed by atoms with E-state index in [1.54, 1.807) is 0 Å². The number of aliphatic carboxylic acids is 1. The van der Waals surface area contributed by atoms with Crippen LogP contribution in [0.5, 0.6) is 0 Å². The Bertz CT molecular complexity index is 378. The Labute approximate surface area is 136 Å². The van der Waals surface area contributed by atoms with Crippen LogP contribution < -0.4 is 27.8 Å². The molecule has 0 aliphatic heterocycles. The Morgan fingerprint density at radius 2 is 1.35 bits per heavy atom. The average molecular weight is 331 g/mol. The molecule has 0 aromatic heterocycles. The number of amides is 2. The molecule has 0 bridgehead atoms. The summed E-state index contributed by atoms with van der Waals surface area (Å²) in [7, 11) is 0. The van der Waals surface area contributed by atoms with Gasteiger partial charge in [0.15, 0.2) is 0 Å². The van der Waals surface area contributed by atoms with Gasteiger partial charge in [0.1, 0.15) is 12.1 Å². The molecule has 134 valence electrons. The minimum absolute atomic E-state index is 0.237. The quantitative estimate of drug-likeness (QED) is 0.217. The molecule has 0 radical (unpaired) electrons. The van der Waals surface area contributed by atoms with Gasteiger partial charge >= 0.3 is 5.97 Å². The van der Waals surface area contributed by atoms with Crippen LogP contribution in [0.25, 0.3) is 0 Å². The number of hydrogen-bond acceptors (Lipinski definition) is 6. The molecule has 0 aromatic rings. The molecule has 0 aromatic carbocycles. The van der Waals surface area contributed by atoms with Gasteiger partial charge in [-0.05, 0) is 51.6 Å². The van der Waals surface area contributed by atoms with E-state index in [-0.39, 0.29) is 6.54 Å². The number of unbranched alkanes of at least 4 members (excludes halogenated alkanes) is 2. The minimum atomic E-state index is -1.11. The van der Waals surface area contributed by atoms with Gasteiger partial charge in [0.05, 0.1) is 6.54 Å². The van der Waals surface area contributed by atoms with Crippen molar-refractivity contribution in [2.24, 2.45) is 17.2 Å². The van der Waals surface area contributed by atoms with E-state index in [1.807, 2.05) is 0 Å².